The van der Waals surface area contributed by atoms with E-state index in [2.05, 4.69) is 6.92 Å². The summed E-state index contributed by atoms with van der Waals surface area (Å²) in [6.45, 7) is 2.54. The molecular formula is C10H14. The molecular weight excluding hydrogens is 120 g/mol. The summed E-state index contributed by atoms with van der Waals surface area (Å²) in [6.07, 6.45) is 6.46. The Morgan fingerprint density at radius 2 is 2.00 bits per heavy atom. The summed E-state index contributed by atoms with van der Waals surface area (Å²) in [7, 11) is 0. The number of rotatable bonds is 0. The summed E-state index contributed by atoms with van der Waals surface area (Å²) in [5.74, 6) is 3.67. The van der Waals surface area contributed by atoms with Crippen LogP contribution in [-0.4, -0.2) is 0 Å². The van der Waals surface area contributed by atoms with Crippen LogP contribution in [0.15, 0.2) is 0 Å². The fourth-order valence-electron chi connectivity index (χ4n) is 4.98. The van der Waals surface area contributed by atoms with Crippen LogP contribution in [0.1, 0.15) is 32.6 Å². The van der Waals surface area contributed by atoms with Crippen LogP contribution in [0.3, 0.4) is 0 Å². The van der Waals surface area contributed by atoms with Gasteiger partial charge in [0.1, 0.15) is 0 Å². The molecule has 0 heteroatoms. The zero-order valence-electron chi connectivity index (χ0n) is 6.56. The molecule has 0 aromatic carbocycles. The third-order valence-corrected chi connectivity index (χ3v) is 5.38. The standard InChI is InChI=1S/C10H14/c1-9-3-6-2-7-4-10(9,5-9)8(6)7/h6-8H,2-5H2,1H3. The molecule has 54 valence electrons. The van der Waals surface area contributed by atoms with Gasteiger partial charge in [0.2, 0.25) is 0 Å². The maximum absolute atomic E-state index is 2.54. The van der Waals surface area contributed by atoms with Crippen molar-refractivity contribution in [3.05, 3.63) is 0 Å². The molecule has 0 radical (unpaired) electrons. The lowest BCUT2D eigenvalue weighted by atomic mass is 9.48. The van der Waals surface area contributed by atoms with E-state index in [-0.39, 0.29) is 0 Å². The SMILES string of the molecule is CC12CC3CC4CC1(C2)C34. The van der Waals surface area contributed by atoms with Gasteiger partial charge in [-0.2, -0.15) is 0 Å². The van der Waals surface area contributed by atoms with Gasteiger partial charge in [-0.25, -0.2) is 0 Å². The Kier molecular flexibility index (Phi) is 0.442. The summed E-state index contributed by atoms with van der Waals surface area (Å²) in [5.41, 5.74) is 1.83. The van der Waals surface area contributed by atoms with Crippen molar-refractivity contribution in [3.8, 4) is 0 Å². The van der Waals surface area contributed by atoms with Crippen molar-refractivity contribution in [2.24, 2.45) is 28.6 Å². The molecule has 1 spiro atoms. The van der Waals surface area contributed by atoms with Gasteiger partial charge in [0.25, 0.3) is 0 Å². The summed E-state index contributed by atoms with van der Waals surface area (Å²) in [5, 5.41) is 0. The average molecular weight is 134 g/mol. The zero-order valence-corrected chi connectivity index (χ0v) is 6.56. The van der Waals surface area contributed by atoms with E-state index in [9.17, 15) is 0 Å². The molecule has 4 aliphatic carbocycles. The Balaban J connectivity index is 1.90. The minimum Gasteiger partial charge on any atom is -0.0591 e. The Morgan fingerprint density at radius 1 is 1.20 bits per heavy atom. The van der Waals surface area contributed by atoms with Gasteiger partial charge in [-0.15, -0.1) is 0 Å². The van der Waals surface area contributed by atoms with Crippen LogP contribution in [0.4, 0.5) is 0 Å². The van der Waals surface area contributed by atoms with E-state index in [1.807, 2.05) is 0 Å². The van der Waals surface area contributed by atoms with Crippen LogP contribution in [0.2, 0.25) is 0 Å². The molecule has 4 aliphatic rings. The van der Waals surface area contributed by atoms with Gasteiger partial charge in [0, 0.05) is 0 Å². The highest BCUT2D eigenvalue weighted by Crippen LogP contribution is 2.91. The van der Waals surface area contributed by atoms with Crippen molar-refractivity contribution >= 4 is 0 Å². The normalized spacial score (nSPS) is 80.7. The molecule has 0 aromatic rings. The van der Waals surface area contributed by atoms with Crippen molar-refractivity contribution < 1.29 is 0 Å². The molecule has 4 rings (SSSR count). The van der Waals surface area contributed by atoms with E-state index in [4.69, 9.17) is 0 Å². The molecule has 4 fully saturated rings. The minimum absolute atomic E-state index is 0.870. The molecule has 0 aliphatic heterocycles. The summed E-state index contributed by atoms with van der Waals surface area (Å²) in [6, 6.07) is 0. The first-order valence-corrected chi connectivity index (χ1v) is 4.75. The van der Waals surface area contributed by atoms with E-state index in [0.717, 1.165) is 10.8 Å². The Labute approximate surface area is 62.0 Å². The first-order valence-electron chi connectivity index (χ1n) is 4.75. The highest BCUT2D eigenvalue weighted by Gasteiger charge is 2.83. The first-order chi connectivity index (χ1) is 4.75. The van der Waals surface area contributed by atoms with Crippen molar-refractivity contribution in [3.63, 3.8) is 0 Å². The van der Waals surface area contributed by atoms with Gasteiger partial charge >= 0.3 is 0 Å². The Hall–Kier alpha value is 0. The molecule has 5 unspecified atom stereocenters. The van der Waals surface area contributed by atoms with Gasteiger partial charge in [-0.3, -0.25) is 0 Å². The van der Waals surface area contributed by atoms with Crippen LogP contribution < -0.4 is 0 Å². The van der Waals surface area contributed by atoms with Gasteiger partial charge in [-0.1, -0.05) is 6.92 Å². The molecule has 0 amide bonds. The number of hydrogen-bond acceptors (Lipinski definition) is 0. The second-order valence-corrected chi connectivity index (χ2v) is 5.58. The van der Waals surface area contributed by atoms with Crippen molar-refractivity contribution in [1.82, 2.24) is 0 Å². The third kappa shape index (κ3) is 0.233. The van der Waals surface area contributed by atoms with Crippen molar-refractivity contribution in [1.29, 1.82) is 0 Å². The van der Waals surface area contributed by atoms with Crippen LogP contribution in [0, 0.1) is 28.6 Å². The van der Waals surface area contributed by atoms with Gasteiger partial charge < -0.3 is 0 Å². The molecule has 0 saturated heterocycles. The maximum Gasteiger partial charge on any atom is -0.0202 e. The predicted octanol–water partition coefficient (Wildman–Crippen LogP) is 2.44. The largest absolute Gasteiger partial charge is 0.0591 e. The quantitative estimate of drug-likeness (QED) is 0.477. The van der Waals surface area contributed by atoms with Crippen molar-refractivity contribution in [2.75, 3.05) is 0 Å². The zero-order chi connectivity index (χ0) is 6.56. The lowest BCUT2D eigenvalue weighted by Crippen LogP contribution is -2.49. The molecule has 0 aromatic heterocycles. The van der Waals surface area contributed by atoms with E-state index in [0.29, 0.717) is 0 Å². The summed E-state index contributed by atoms with van der Waals surface area (Å²) >= 11 is 0. The van der Waals surface area contributed by atoms with Gasteiger partial charge in [0.05, 0.1) is 0 Å². The lowest BCUT2D eigenvalue weighted by molar-refractivity contribution is -0.0786. The summed E-state index contributed by atoms with van der Waals surface area (Å²) in [4.78, 5) is 0. The van der Waals surface area contributed by atoms with E-state index in [1.54, 1.807) is 25.7 Å². The third-order valence-electron chi connectivity index (χ3n) is 5.38. The Morgan fingerprint density at radius 3 is 2.60 bits per heavy atom. The topological polar surface area (TPSA) is 0 Å². The summed E-state index contributed by atoms with van der Waals surface area (Å²) < 4.78 is 0. The van der Waals surface area contributed by atoms with Crippen molar-refractivity contribution in [2.45, 2.75) is 32.6 Å². The first kappa shape index (κ1) is 4.79. The van der Waals surface area contributed by atoms with Crippen LogP contribution in [-0.2, 0) is 0 Å². The fourth-order valence-corrected chi connectivity index (χ4v) is 4.98. The van der Waals surface area contributed by atoms with E-state index in [1.165, 1.54) is 17.8 Å². The predicted molar refractivity (Wildman–Crippen MR) is 39.5 cm³/mol. The lowest BCUT2D eigenvalue weighted by Gasteiger charge is -2.56. The Bertz CT molecular complexity index is 232. The monoisotopic (exact) mass is 134 g/mol. The highest BCUT2D eigenvalue weighted by atomic mass is 14.9. The fraction of sp³-hybridized carbons (Fsp3) is 1.00. The second-order valence-electron chi connectivity index (χ2n) is 5.58. The molecule has 0 N–H and O–H groups in total. The smallest absolute Gasteiger partial charge is 0.0202 e. The van der Waals surface area contributed by atoms with Gasteiger partial charge in [-0.05, 0) is 54.3 Å². The minimum atomic E-state index is 0.870. The highest BCUT2D eigenvalue weighted by molar-refractivity contribution is 5.32. The second kappa shape index (κ2) is 0.922. The molecule has 0 nitrogen and oxygen atoms in total. The molecule has 4 saturated carbocycles. The van der Waals surface area contributed by atoms with Crippen LogP contribution >= 0.6 is 0 Å². The maximum atomic E-state index is 2.54. The molecule has 10 heavy (non-hydrogen) atoms. The van der Waals surface area contributed by atoms with Crippen LogP contribution in [0.5, 0.6) is 0 Å². The molecule has 5 atom stereocenters. The van der Waals surface area contributed by atoms with E-state index < -0.39 is 0 Å². The number of hydrogen-bond donors (Lipinski definition) is 0. The van der Waals surface area contributed by atoms with Gasteiger partial charge in [0.15, 0.2) is 0 Å². The van der Waals surface area contributed by atoms with E-state index >= 15 is 0 Å². The molecule has 0 heterocycles. The average Bonchev–Trinajstić information content (AvgIpc) is 2.30. The molecule has 0 bridgehead atoms. The van der Waals surface area contributed by atoms with Crippen LogP contribution in [0.25, 0.3) is 0 Å².